The fraction of sp³-hybridized carbons (Fsp3) is 0.812. The van der Waals surface area contributed by atoms with E-state index >= 15 is 0 Å². The van der Waals surface area contributed by atoms with Crippen molar-refractivity contribution in [3.05, 3.63) is 60.8 Å². The number of amides is 1. The van der Waals surface area contributed by atoms with Gasteiger partial charge in [0, 0.05) is 12.8 Å². The summed E-state index contributed by atoms with van der Waals surface area (Å²) in [6.45, 7) is 6.97. The molecule has 10 heteroatoms. The number of phosphoric acid groups is 1. The maximum Gasteiger partial charge on any atom is 0.472 e. The van der Waals surface area contributed by atoms with Crippen molar-refractivity contribution in [2.24, 2.45) is 0 Å². The number of nitrogens with zero attached hydrogens (tertiary/aromatic N) is 1. The lowest BCUT2D eigenvalue weighted by atomic mass is 10.0. The first-order valence-corrected chi connectivity index (χ1v) is 32.6. The molecule has 0 saturated carbocycles. The summed E-state index contributed by atoms with van der Waals surface area (Å²) in [5.74, 6) is -0.524. The Hall–Kier alpha value is -2.29. The highest BCUT2D eigenvalue weighted by Crippen LogP contribution is 2.43. The topological polar surface area (TPSA) is 111 Å². The number of allylic oxidation sites excluding steroid dienone is 9. The third kappa shape index (κ3) is 54.5. The zero-order valence-corrected chi connectivity index (χ0v) is 50.2. The number of rotatable bonds is 56. The van der Waals surface area contributed by atoms with Gasteiger partial charge in [0.15, 0.2) is 0 Å². The summed E-state index contributed by atoms with van der Waals surface area (Å²) in [5.41, 5.74) is 0. The van der Waals surface area contributed by atoms with Crippen molar-refractivity contribution in [1.82, 2.24) is 5.32 Å². The number of phosphoric ester groups is 1. The van der Waals surface area contributed by atoms with Crippen molar-refractivity contribution in [3.63, 3.8) is 0 Å². The minimum atomic E-state index is -4.45. The highest BCUT2D eigenvalue weighted by Gasteiger charge is 2.30. The number of unbranched alkanes of at least 4 members (excludes halogenated alkanes) is 32. The smallest absolute Gasteiger partial charge is 0.456 e. The lowest BCUT2D eigenvalue weighted by Gasteiger charge is -2.27. The van der Waals surface area contributed by atoms with Crippen LogP contribution in [0.3, 0.4) is 0 Å². The molecule has 0 aromatic heterocycles. The summed E-state index contributed by atoms with van der Waals surface area (Å²) in [5, 5.41) is 3.05. The monoisotopic (exact) mass is 1060 g/mol. The first-order valence-electron chi connectivity index (χ1n) is 31.1. The molecule has 2 N–H and O–H groups in total. The molecule has 432 valence electrons. The molecule has 0 aliphatic heterocycles. The Bertz CT molecular complexity index is 1450. The standard InChI is InChI=1S/C64H119N2O7P/c1-7-10-13-16-19-22-25-27-29-30-31-32-33-34-35-36-37-38-41-44-47-50-53-56-63(67)65-61(60-72-74(69,70)71-59-58-66(4,5)6)62(55-52-49-46-43-40-24-21-18-15-12-9-3)73-64(68)57-54-51-48-45-42-39-28-26-23-20-17-14-11-8-2/h19,22,27,29,31-32,39,42,52,55,61-62H,7-18,20-21,23-26,28,30,33-38,40-41,43-51,53-54,56-60H2,1-6H3,(H-,65,67,69,70)/p+1/b22-19-,29-27-,32-31-,42-39-,55-52-. The van der Waals surface area contributed by atoms with Gasteiger partial charge in [-0.15, -0.1) is 0 Å². The van der Waals surface area contributed by atoms with E-state index in [0.717, 1.165) is 77.0 Å². The highest BCUT2D eigenvalue weighted by molar-refractivity contribution is 7.47. The molecular weight excluding hydrogens is 940 g/mol. The average Bonchev–Trinajstić information content (AvgIpc) is 3.36. The molecule has 3 unspecified atom stereocenters. The van der Waals surface area contributed by atoms with Crippen LogP contribution in [-0.4, -0.2) is 74.3 Å². The van der Waals surface area contributed by atoms with Crippen LogP contribution in [-0.2, 0) is 27.9 Å². The fourth-order valence-electron chi connectivity index (χ4n) is 8.82. The number of nitrogens with one attached hydrogen (secondary N) is 1. The average molecular weight is 1060 g/mol. The van der Waals surface area contributed by atoms with Crippen LogP contribution >= 0.6 is 7.82 Å². The second-order valence-electron chi connectivity index (χ2n) is 22.2. The third-order valence-electron chi connectivity index (χ3n) is 13.7. The van der Waals surface area contributed by atoms with Crippen LogP contribution in [0.1, 0.15) is 284 Å². The fourth-order valence-corrected chi connectivity index (χ4v) is 9.56. The molecule has 1 amide bonds. The predicted molar refractivity (Wildman–Crippen MR) is 318 cm³/mol. The number of likely N-dealkylation sites (N-methyl/N-ethyl adjacent to an activating group) is 1. The lowest BCUT2D eigenvalue weighted by molar-refractivity contribution is -0.870. The van der Waals surface area contributed by atoms with Gasteiger partial charge in [0.05, 0.1) is 33.8 Å². The summed E-state index contributed by atoms with van der Waals surface area (Å²) in [6, 6.07) is -0.856. The van der Waals surface area contributed by atoms with E-state index in [9.17, 15) is 19.0 Å². The van der Waals surface area contributed by atoms with E-state index < -0.39 is 20.0 Å². The third-order valence-corrected chi connectivity index (χ3v) is 14.7. The zero-order chi connectivity index (χ0) is 54.3. The van der Waals surface area contributed by atoms with E-state index in [1.807, 2.05) is 33.3 Å². The van der Waals surface area contributed by atoms with Crippen molar-refractivity contribution in [2.75, 3.05) is 40.9 Å². The van der Waals surface area contributed by atoms with Gasteiger partial charge in [0.1, 0.15) is 19.3 Å². The number of hydrogen-bond donors (Lipinski definition) is 2. The summed E-state index contributed by atoms with van der Waals surface area (Å²) in [7, 11) is 1.49. The molecule has 0 radical (unpaired) electrons. The van der Waals surface area contributed by atoms with Gasteiger partial charge in [-0.2, -0.15) is 0 Å². The van der Waals surface area contributed by atoms with E-state index in [2.05, 4.69) is 74.7 Å². The van der Waals surface area contributed by atoms with Crippen LogP contribution in [0.25, 0.3) is 0 Å². The molecule has 0 aromatic carbocycles. The Morgan fingerprint density at radius 2 is 0.824 bits per heavy atom. The summed E-state index contributed by atoms with van der Waals surface area (Å²) in [6.07, 6.45) is 67.9. The van der Waals surface area contributed by atoms with Crippen molar-refractivity contribution < 1.29 is 37.3 Å². The molecule has 3 atom stereocenters. The molecule has 0 fully saturated rings. The van der Waals surface area contributed by atoms with Crippen LogP contribution < -0.4 is 5.32 Å². The first-order chi connectivity index (χ1) is 35.9. The van der Waals surface area contributed by atoms with Gasteiger partial charge < -0.3 is 19.4 Å². The molecule has 0 bridgehead atoms. The van der Waals surface area contributed by atoms with Gasteiger partial charge >= 0.3 is 13.8 Å². The molecule has 0 aliphatic rings. The Morgan fingerprint density at radius 1 is 0.473 bits per heavy atom. The quantitative estimate of drug-likeness (QED) is 0.0205. The van der Waals surface area contributed by atoms with Crippen LogP contribution in [0.2, 0.25) is 0 Å². The van der Waals surface area contributed by atoms with Crippen LogP contribution in [0.4, 0.5) is 0 Å². The lowest BCUT2D eigenvalue weighted by Crippen LogP contribution is -2.47. The van der Waals surface area contributed by atoms with Crippen LogP contribution in [0, 0.1) is 0 Å². The molecule has 74 heavy (non-hydrogen) atoms. The molecule has 0 rings (SSSR count). The number of carbonyl (C=O) groups excluding carboxylic acids is 2. The maximum atomic E-state index is 13.5. The largest absolute Gasteiger partial charge is 0.472 e. The second kappa shape index (κ2) is 54.1. The molecule has 0 spiro atoms. The predicted octanol–water partition coefficient (Wildman–Crippen LogP) is 19.1. The van der Waals surface area contributed by atoms with Crippen LogP contribution in [0.5, 0.6) is 0 Å². The molecule has 0 aromatic rings. The summed E-state index contributed by atoms with van der Waals surface area (Å²) >= 11 is 0. The minimum Gasteiger partial charge on any atom is -0.456 e. The SMILES string of the molecule is CCCCC/C=C\C/C=C\C/C=C\CCCCCCCCCCCCC(=O)NC(COP(=O)(O)OCC[N+](C)(C)C)C(/C=C\CCCCCCCCCCC)OC(=O)CCCCC/C=C\CCCCCCCCC. The number of carbonyl (C=O) groups is 2. The Balaban J connectivity index is 5.17. The van der Waals surface area contributed by atoms with Gasteiger partial charge in [-0.1, -0.05) is 236 Å². The Morgan fingerprint density at radius 3 is 1.28 bits per heavy atom. The number of hydrogen-bond acceptors (Lipinski definition) is 6. The van der Waals surface area contributed by atoms with E-state index in [1.165, 1.54) is 167 Å². The molecule has 9 nitrogen and oxygen atoms in total. The Kier molecular flexibility index (Phi) is 52.4. The van der Waals surface area contributed by atoms with Gasteiger partial charge in [-0.25, -0.2) is 4.57 Å². The van der Waals surface area contributed by atoms with Crippen molar-refractivity contribution >= 4 is 19.7 Å². The van der Waals surface area contributed by atoms with Crippen molar-refractivity contribution in [1.29, 1.82) is 0 Å². The summed E-state index contributed by atoms with van der Waals surface area (Å²) < 4.78 is 30.6. The van der Waals surface area contributed by atoms with E-state index in [1.54, 1.807) is 0 Å². The molecular formula is C64H120N2O7P+. The van der Waals surface area contributed by atoms with E-state index in [4.69, 9.17) is 13.8 Å². The Labute approximate surface area is 458 Å². The van der Waals surface area contributed by atoms with Crippen LogP contribution in [0.15, 0.2) is 60.8 Å². The minimum absolute atomic E-state index is 0.0364. The van der Waals surface area contributed by atoms with Crippen molar-refractivity contribution in [3.8, 4) is 0 Å². The maximum absolute atomic E-state index is 13.5. The van der Waals surface area contributed by atoms with Gasteiger partial charge in [-0.05, 0) is 96.0 Å². The van der Waals surface area contributed by atoms with E-state index in [-0.39, 0.29) is 31.5 Å². The van der Waals surface area contributed by atoms with Gasteiger partial charge in [-0.3, -0.25) is 18.6 Å². The summed E-state index contributed by atoms with van der Waals surface area (Å²) in [4.78, 5) is 37.6. The number of esters is 1. The van der Waals surface area contributed by atoms with Gasteiger partial charge in [0.2, 0.25) is 5.91 Å². The molecule has 0 heterocycles. The van der Waals surface area contributed by atoms with Crippen molar-refractivity contribution in [2.45, 2.75) is 296 Å². The second-order valence-corrected chi connectivity index (χ2v) is 23.7. The number of ether oxygens (including phenoxy) is 1. The van der Waals surface area contributed by atoms with E-state index in [0.29, 0.717) is 23.9 Å². The van der Waals surface area contributed by atoms with Gasteiger partial charge in [0.25, 0.3) is 0 Å². The normalized spacial score (nSPS) is 14.1. The highest BCUT2D eigenvalue weighted by atomic mass is 31.2. The number of quaternary nitrogens is 1. The molecule has 0 saturated heterocycles. The zero-order valence-electron chi connectivity index (χ0n) is 49.3. The first kappa shape index (κ1) is 71.7. The molecule has 0 aliphatic carbocycles.